The number of pyridine rings is 2. The zero-order valence-corrected chi connectivity index (χ0v) is 10.6. The second-order valence-corrected chi connectivity index (χ2v) is 4.06. The van der Waals surface area contributed by atoms with Crippen LogP contribution in [-0.4, -0.2) is 17.1 Å². The molecule has 0 fully saturated rings. The minimum atomic E-state index is 0.242. The fourth-order valence-electron chi connectivity index (χ4n) is 1.68. The largest absolute Gasteiger partial charge is 0.481 e. The van der Waals surface area contributed by atoms with Crippen LogP contribution in [0.15, 0.2) is 42.7 Å². The number of aromatic nitrogens is 2. The average molecular weight is 243 g/mol. The van der Waals surface area contributed by atoms with Crippen LogP contribution >= 0.6 is 0 Å². The van der Waals surface area contributed by atoms with Gasteiger partial charge in [0.1, 0.15) is 0 Å². The second kappa shape index (κ2) is 6.12. The molecule has 4 nitrogen and oxygen atoms in total. The minimum absolute atomic E-state index is 0.242. The van der Waals surface area contributed by atoms with E-state index in [0.717, 1.165) is 5.69 Å². The molecule has 2 rings (SSSR count). The van der Waals surface area contributed by atoms with E-state index in [1.54, 1.807) is 13.3 Å². The summed E-state index contributed by atoms with van der Waals surface area (Å²) in [6, 6.07) is 10.0. The summed E-state index contributed by atoms with van der Waals surface area (Å²) >= 11 is 0. The number of hydrogen-bond donors (Lipinski definition) is 1. The highest BCUT2D eigenvalue weighted by Crippen LogP contribution is 2.11. The zero-order valence-electron chi connectivity index (χ0n) is 10.6. The highest BCUT2D eigenvalue weighted by Gasteiger charge is 2.05. The molecule has 18 heavy (non-hydrogen) atoms. The maximum atomic E-state index is 5.10. The van der Waals surface area contributed by atoms with E-state index < -0.39 is 0 Å². The van der Waals surface area contributed by atoms with Crippen LogP contribution in [0.1, 0.15) is 24.2 Å². The lowest BCUT2D eigenvalue weighted by molar-refractivity contribution is 0.395. The molecule has 0 amide bonds. The van der Waals surface area contributed by atoms with Crippen molar-refractivity contribution in [2.24, 2.45) is 0 Å². The fraction of sp³-hybridized carbons (Fsp3) is 0.286. The van der Waals surface area contributed by atoms with Gasteiger partial charge in [-0.15, -0.1) is 0 Å². The topological polar surface area (TPSA) is 47.0 Å². The first kappa shape index (κ1) is 12.5. The van der Waals surface area contributed by atoms with Crippen molar-refractivity contribution in [1.29, 1.82) is 0 Å². The molecule has 0 unspecified atom stereocenters. The number of hydrogen-bond acceptors (Lipinski definition) is 4. The predicted molar refractivity (Wildman–Crippen MR) is 70.3 cm³/mol. The summed E-state index contributed by atoms with van der Waals surface area (Å²) in [5, 5.41) is 3.41. The molecule has 2 aromatic rings. The minimum Gasteiger partial charge on any atom is -0.481 e. The van der Waals surface area contributed by atoms with Gasteiger partial charge in [-0.3, -0.25) is 4.98 Å². The Labute approximate surface area is 107 Å². The molecule has 0 aromatic carbocycles. The summed E-state index contributed by atoms with van der Waals surface area (Å²) < 4.78 is 5.10. The van der Waals surface area contributed by atoms with Crippen molar-refractivity contribution in [2.45, 2.75) is 19.5 Å². The Morgan fingerprint density at radius 3 is 2.89 bits per heavy atom. The van der Waals surface area contributed by atoms with Gasteiger partial charge in [0.25, 0.3) is 0 Å². The monoisotopic (exact) mass is 243 g/mol. The Morgan fingerprint density at radius 1 is 1.28 bits per heavy atom. The van der Waals surface area contributed by atoms with Gasteiger partial charge in [-0.1, -0.05) is 12.1 Å². The van der Waals surface area contributed by atoms with Crippen molar-refractivity contribution in [3.63, 3.8) is 0 Å². The lowest BCUT2D eigenvalue weighted by atomic mass is 10.1. The Balaban J connectivity index is 1.95. The van der Waals surface area contributed by atoms with Gasteiger partial charge in [0.2, 0.25) is 5.88 Å². The Bertz CT molecular complexity index is 487. The summed E-state index contributed by atoms with van der Waals surface area (Å²) in [7, 11) is 1.62. The standard InChI is InChI=1S/C14H17N3O/c1-11(12-5-4-8-15-9-12)16-10-13-6-3-7-14(17-13)18-2/h3-9,11,16H,10H2,1-2H3/t11-/m1/s1. The SMILES string of the molecule is COc1cccc(CN[C@H](C)c2cccnc2)n1. The number of nitrogens with zero attached hydrogens (tertiary/aromatic N) is 2. The van der Waals surface area contributed by atoms with Gasteiger partial charge >= 0.3 is 0 Å². The Kier molecular flexibility index (Phi) is 4.25. The van der Waals surface area contributed by atoms with Crippen LogP contribution in [0.25, 0.3) is 0 Å². The van der Waals surface area contributed by atoms with E-state index in [4.69, 9.17) is 4.74 Å². The molecule has 0 saturated heterocycles. The Morgan fingerprint density at radius 2 is 2.17 bits per heavy atom. The van der Waals surface area contributed by atoms with Crippen molar-refractivity contribution >= 4 is 0 Å². The second-order valence-electron chi connectivity index (χ2n) is 4.06. The summed E-state index contributed by atoms with van der Waals surface area (Å²) in [4.78, 5) is 8.47. The molecule has 2 heterocycles. The first-order chi connectivity index (χ1) is 8.79. The third kappa shape index (κ3) is 3.28. The molecular formula is C14H17N3O. The summed E-state index contributed by atoms with van der Waals surface area (Å²) in [5.41, 5.74) is 2.13. The number of methoxy groups -OCH3 is 1. The lowest BCUT2D eigenvalue weighted by Crippen LogP contribution is -2.18. The van der Waals surface area contributed by atoms with Gasteiger partial charge in [0.05, 0.1) is 12.8 Å². The molecule has 2 aromatic heterocycles. The molecule has 94 valence electrons. The van der Waals surface area contributed by atoms with Gasteiger partial charge in [-0.2, -0.15) is 0 Å². The molecule has 1 atom stereocenters. The van der Waals surface area contributed by atoms with Crippen molar-refractivity contribution in [3.05, 3.63) is 54.0 Å². The molecule has 0 aliphatic heterocycles. The Hall–Kier alpha value is -1.94. The maximum Gasteiger partial charge on any atom is 0.213 e. The quantitative estimate of drug-likeness (QED) is 0.875. The van der Waals surface area contributed by atoms with E-state index >= 15 is 0 Å². The van der Waals surface area contributed by atoms with E-state index in [1.807, 2.05) is 30.5 Å². The molecule has 0 aliphatic rings. The molecular weight excluding hydrogens is 226 g/mol. The first-order valence-electron chi connectivity index (χ1n) is 5.93. The molecule has 0 saturated carbocycles. The molecule has 0 aliphatic carbocycles. The van der Waals surface area contributed by atoms with Gasteiger partial charge < -0.3 is 10.1 Å². The maximum absolute atomic E-state index is 5.10. The van der Waals surface area contributed by atoms with Crippen LogP contribution in [0.5, 0.6) is 5.88 Å². The van der Waals surface area contributed by atoms with Crippen LogP contribution in [0.4, 0.5) is 0 Å². The normalized spacial score (nSPS) is 12.1. The molecule has 1 N–H and O–H groups in total. The third-order valence-electron chi connectivity index (χ3n) is 2.76. The van der Waals surface area contributed by atoms with Crippen LogP contribution in [0, 0.1) is 0 Å². The van der Waals surface area contributed by atoms with Crippen molar-refractivity contribution in [3.8, 4) is 5.88 Å². The molecule has 0 bridgehead atoms. The summed E-state index contributed by atoms with van der Waals surface area (Å²) in [6.45, 7) is 2.81. The van der Waals surface area contributed by atoms with E-state index in [1.165, 1.54) is 5.56 Å². The van der Waals surface area contributed by atoms with E-state index in [2.05, 4.69) is 28.3 Å². The van der Waals surface area contributed by atoms with Crippen LogP contribution in [0.2, 0.25) is 0 Å². The van der Waals surface area contributed by atoms with Crippen molar-refractivity contribution < 1.29 is 4.74 Å². The van der Waals surface area contributed by atoms with E-state index in [-0.39, 0.29) is 6.04 Å². The predicted octanol–water partition coefficient (Wildman–Crippen LogP) is 2.34. The number of rotatable bonds is 5. The fourth-order valence-corrected chi connectivity index (χ4v) is 1.68. The van der Waals surface area contributed by atoms with Crippen molar-refractivity contribution in [2.75, 3.05) is 7.11 Å². The highest BCUT2D eigenvalue weighted by atomic mass is 16.5. The van der Waals surface area contributed by atoms with Gasteiger partial charge in [0.15, 0.2) is 0 Å². The molecule has 0 radical (unpaired) electrons. The van der Waals surface area contributed by atoms with Crippen LogP contribution < -0.4 is 10.1 Å². The highest BCUT2D eigenvalue weighted by molar-refractivity contribution is 5.17. The lowest BCUT2D eigenvalue weighted by Gasteiger charge is -2.13. The van der Waals surface area contributed by atoms with Gasteiger partial charge in [-0.05, 0) is 24.6 Å². The zero-order chi connectivity index (χ0) is 12.8. The first-order valence-corrected chi connectivity index (χ1v) is 5.93. The number of ether oxygens (including phenoxy) is 1. The average Bonchev–Trinajstić information content (AvgIpc) is 2.46. The van der Waals surface area contributed by atoms with Gasteiger partial charge in [0, 0.05) is 31.0 Å². The summed E-state index contributed by atoms with van der Waals surface area (Å²) in [5.74, 6) is 0.642. The van der Waals surface area contributed by atoms with Gasteiger partial charge in [-0.25, -0.2) is 4.98 Å². The molecule has 0 spiro atoms. The van der Waals surface area contributed by atoms with E-state index in [9.17, 15) is 0 Å². The van der Waals surface area contributed by atoms with Crippen molar-refractivity contribution in [1.82, 2.24) is 15.3 Å². The van der Waals surface area contributed by atoms with Crippen LogP contribution in [-0.2, 0) is 6.54 Å². The summed E-state index contributed by atoms with van der Waals surface area (Å²) in [6.07, 6.45) is 3.65. The smallest absolute Gasteiger partial charge is 0.213 e. The van der Waals surface area contributed by atoms with E-state index in [0.29, 0.717) is 12.4 Å². The number of nitrogens with one attached hydrogen (secondary N) is 1. The third-order valence-corrected chi connectivity index (χ3v) is 2.76. The molecule has 4 heteroatoms. The van der Waals surface area contributed by atoms with Crippen LogP contribution in [0.3, 0.4) is 0 Å².